The second kappa shape index (κ2) is 3.58. The van der Waals surface area contributed by atoms with Crippen LogP contribution in [0.4, 0.5) is 0 Å². The Morgan fingerprint density at radius 1 is 0.941 bits per heavy atom. The van der Waals surface area contributed by atoms with E-state index >= 15 is 0 Å². The molecule has 0 saturated carbocycles. The second-order valence-corrected chi connectivity index (χ2v) is 7.13. The Morgan fingerprint density at radius 2 is 1.47 bits per heavy atom. The fraction of sp³-hybridized carbons (Fsp3) is 0.625. The van der Waals surface area contributed by atoms with Crippen LogP contribution >= 0.6 is 0 Å². The highest BCUT2D eigenvalue weighted by Crippen LogP contribution is 2.58. The van der Waals surface area contributed by atoms with Gasteiger partial charge in [-0.2, -0.15) is 0 Å². The number of hydrogen-bond acceptors (Lipinski definition) is 1. The summed E-state index contributed by atoms with van der Waals surface area (Å²) in [6.45, 7) is 14.4. The van der Waals surface area contributed by atoms with E-state index in [-0.39, 0.29) is 16.4 Å². The van der Waals surface area contributed by atoms with Crippen molar-refractivity contribution in [2.45, 2.75) is 53.8 Å². The largest absolute Gasteiger partial charge is 0.364 e. The van der Waals surface area contributed by atoms with Gasteiger partial charge in [0.2, 0.25) is 0 Å². The van der Waals surface area contributed by atoms with Crippen molar-refractivity contribution in [1.29, 1.82) is 0 Å². The minimum atomic E-state index is -0.198. The van der Waals surface area contributed by atoms with E-state index in [1.807, 2.05) is 0 Å². The topological polar surface area (TPSA) is 9.23 Å². The summed E-state index contributed by atoms with van der Waals surface area (Å²) in [6, 6.07) is 8.65. The molecule has 0 atom stereocenters. The monoisotopic (exact) mass is 232 g/mol. The van der Waals surface area contributed by atoms with Gasteiger partial charge in [0, 0.05) is 0 Å². The van der Waals surface area contributed by atoms with E-state index < -0.39 is 0 Å². The minimum Gasteiger partial charge on any atom is -0.364 e. The average molecular weight is 232 g/mol. The Labute approximate surface area is 105 Å². The minimum absolute atomic E-state index is 0.0812. The third kappa shape index (κ3) is 1.63. The van der Waals surface area contributed by atoms with Crippen LogP contribution in [0.2, 0.25) is 0 Å². The van der Waals surface area contributed by atoms with E-state index in [1.54, 1.807) is 0 Å². The molecule has 1 heteroatoms. The van der Waals surface area contributed by atoms with Crippen LogP contribution in [0.15, 0.2) is 24.3 Å². The van der Waals surface area contributed by atoms with Crippen molar-refractivity contribution in [3.8, 4) is 0 Å². The van der Waals surface area contributed by atoms with Gasteiger partial charge in [-0.3, -0.25) is 0 Å². The lowest BCUT2D eigenvalue weighted by Gasteiger charge is -2.51. The molecule has 17 heavy (non-hydrogen) atoms. The molecule has 0 spiro atoms. The SMILES string of the molecule is CC(C)(C)C1(C(C)(C)C)OCc2ccccc21. The van der Waals surface area contributed by atoms with Gasteiger partial charge in [0.1, 0.15) is 5.60 Å². The lowest BCUT2D eigenvalue weighted by Crippen LogP contribution is -2.50. The summed E-state index contributed by atoms with van der Waals surface area (Å²) in [5.74, 6) is 0. The van der Waals surface area contributed by atoms with Gasteiger partial charge in [-0.1, -0.05) is 65.8 Å². The molecule has 0 radical (unpaired) electrons. The quantitative estimate of drug-likeness (QED) is 0.639. The number of fused-ring (bicyclic) bond motifs is 1. The van der Waals surface area contributed by atoms with Crippen LogP contribution < -0.4 is 0 Å². The molecule has 0 saturated heterocycles. The van der Waals surface area contributed by atoms with Gasteiger partial charge < -0.3 is 4.74 Å². The molecule has 0 aliphatic carbocycles. The molecular formula is C16H24O. The standard InChI is InChI=1S/C16H24O/c1-14(2,3)16(15(4,5)6)13-10-8-7-9-12(13)11-17-16/h7-10H,11H2,1-6H3. The first-order chi connectivity index (χ1) is 7.70. The Hall–Kier alpha value is -0.820. The molecule has 1 aliphatic rings. The number of rotatable bonds is 0. The van der Waals surface area contributed by atoms with Crippen LogP contribution in [-0.2, 0) is 16.9 Å². The first kappa shape index (κ1) is 12.6. The Morgan fingerprint density at radius 3 is 2.00 bits per heavy atom. The molecule has 1 nitrogen and oxygen atoms in total. The van der Waals surface area contributed by atoms with Crippen LogP contribution in [-0.4, -0.2) is 0 Å². The predicted molar refractivity (Wildman–Crippen MR) is 71.8 cm³/mol. The van der Waals surface area contributed by atoms with Crippen molar-refractivity contribution in [2.75, 3.05) is 0 Å². The van der Waals surface area contributed by atoms with Crippen molar-refractivity contribution in [2.24, 2.45) is 10.8 Å². The summed E-state index contributed by atoms with van der Waals surface area (Å²) in [6.07, 6.45) is 0. The summed E-state index contributed by atoms with van der Waals surface area (Å²) in [5, 5.41) is 0. The molecule has 1 heterocycles. The lowest BCUT2D eigenvalue weighted by molar-refractivity contribution is -0.180. The van der Waals surface area contributed by atoms with E-state index in [2.05, 4.69) is 65.8 Å². The highest BCUT2D eigenvalue weighted by molar-refractivity contribution is 5.38. The highest BCUT2D eigenvalue weighted by Gasteiger charge is 2.56. The van der Waals surface area contributed by atoms with Crippen LogP contribution in [0, 0.1) is 10.8 Å². The molecule has 0 N–H and O–H groups in total. The molecule has 2 rings (SSSR count). The van der Waals surface area contributed by atoms with E-state index in [1.165, 1.54) is 11.1 Å². The van der Waals surface area contributed by atoms with Gasteiger partial charge in [-0.05, 0) is 22.0 Å². The van der Waals surface area contributed by atoms with E-state index in [0.29, 0.717) is 0 Å². The van der Waals surface area contributed by atoms with Gasteiger partial charge in [-0.25, -0.2) is 0 Å². The summed E-state index contributed by atoms with van der Waals surface area (Å²) < 4.78 is 6.34. The maximum Gasteiger partial charge on any atom is 0.103 e. The first-order valence-electron chi connectivity index (χ1n) is 6.42. The molecule has 0 fully saturated rings. The molecule has 0 aromatic heterocycles. The fourth-order valence-electron chi connectivity index (χ4n) is 3.62. The van der Waals surface area contributed by atoms with Gasteiger partial charge in [0.05, 0.1) is 6.61 Å². The number of ether oxygens (including phenoxy) is 1. The van der Waals surface area contributed by atoms with Crippen LogP contribution in [0.25, 0.3) is 0 Å². The zero-order valence-electron chi connectivity index (χ0n) is 11.9. The van der Waals surface area contributed by atoms with Crippen molar-refractivity contribution in [1.82, 2.24) is 0 Å². The fourth-order valence-corrected chi connectivity index (χ4v) is 3.62. The smallest absolute Gasteiger partial charge is 0.103 e. The normalized spacial score (nSPS) is 19.2. The van der Waals surface area contributed by atoms with Crippen LogP contribution in [0.3, 0.4) is 0 Å². The molecular weight excluding hydrogens is 208 g/mol. The maximum absolute atomic E-state index is 6.34. The highest BCUT2D eigenvalue weighted by atomic mass is 16.5. The zero-order chi connectivity index (χ0) is 12.9. The van der Waals surface area contributed by atoms with Crippen LogP contribution in [0.1, 0.15) is 52.7 Å². The van der Waals surface area contributed by atoms with Crippen molar-refractivity contribution >= 4 is 0 Å². The molecule has 1 aromatic carbocycles. The third-order valence-corrected chi connectivity index (χ3v) is 3.95. The van der Waals surface area contributed by atoms with E-state index in [4.69, 9.17) is 4.74 Å². The summed E-state index contributed by atoms with van der Waals surface area (Å²) in [7, 11) is 0. The number of hydrogen-bond donors (Lipinski definition) is 0. The lowest BCUT2D eigenvalue weighted by atomic mass is 9.59. The maximum atomic E-state index is 6.34. The van der Waals surface area contributed by atoms with Crippen LogP contribution in [0.5, 0.6) is 0 Å². The Balaban J connectivity index is 2.68. The first-order valence-corrected chi connectivity index (χ1v) is 6.42. The molecule has 0 unspecified atom stereocenters. The van der Waals surface area contributed by atoms with Gasteiger partial charge in [-0.15, -0.1) is 0 Å². The van der Waals surface area contributed by atoms with Crippen molar-refractivity contribution < 1.29 is 4.74 Å². The second-order valence-electron chi connectivity index (χ2n) is 7.13. The number of benzene rings is 1. The Kier molecular flexibility index (Phi) is 2.66. The summed E-state index contributed by atoms with van der Waals surface area (Å²) in [5.41, 5.74) is 2.68. The van der Waals surface area contributed by atoms with Crippen molar-refractivity contribution in [3.63, 3.8) is 0 Å². The van der Waals surface area contributed by atoms with Gasteiger partial charge in [0.25, 0.3) is 0 Å². The predicted octanol–water partition coefficient (Wildman–Crippen LogP) is 4.50. The average Bonchev–Trinajstić information content (AvgIpc) is 2.55. The molecule has 1 aromatic rings. The van der Waals surface area contributed by atoms with Crippen molar-refractivity contribution in [3.05, 3.63) is 35.4 Å². The molecule has 0 bridgehead atoms. The van der Waals surface area contributed by atoms with Gasteiger partial charge >= 0.3 is 0 Å². The summed E-state index contributed by atoms with van der Waals surface area (Å²) in [4.78, 5) is 0. The zero-order valence-corrected chi connectivity index (χ0v) is 11.9. The van der Waals surface area contributed by atoms with E-state index in [0.717, 1.165) is 6.61 Å². The van der Waals surface area contributed by atoms with Gasteiger partial charge in [0.15, 0.2) is 0 Å². The molecule has 0 amide bonds. The van der Waals surface area contributed by atoms with E-state index in [9.17, 15) is 0 Å². The Bertz CT molecular complexity index is 404. The summed E-state index contributed by atoms with van der Waals surface area (Å²) >= 11 is 0. The molecule has 1 aliphatic heterocycles. The third-order valence-electron chi connectivity index (χ3n) is 3.95. The molecule has 94 valence electrons.